The van der Waals surface area contributed by atoms with E-state index >= 15 is 0 Å². The Hall–Kier alpha value is -1.31. The molecular formula is C18H25NO. The van der Waals surface area contributed by atoms with E-state index in [2.05, 4.69) is 72.0 Å². The number of fused-ring (bicyclic) bond motifs is 2. The van der Waals surface area contributed by atoms with E-state index in [1.54, 1.807) is 0 Å². The molecule has 1 aliphatic carbocycles. The molecule has 1 saturated carbocycles. The van der Waals surface area contributed by atoms with Gasteiger partial charge in [-0.2, -0.15) is 0 Å². The molecule has 1 aromatic rings. The van der Waals surface area contributed by atoms with Gasteiger partial charge in [-0.15, -0.1) is 0 Å². The van der Waals surface area contributed by atoms with Crippen molar-refractivity contribution in [2.24, 2.45) is 10.8 Å². The van der Waals surface area contributed by atoms with Gasteiger partial charge in [0, 0.05) is 5.69 Å². The summed E-state index contributed by atoms with van der Waals surface area (Å²) in [5.41, 5.74) is 3.22. The maximum Gasteiger partial charge on any atom is 0.236 e. The van der Waals surface area contributed by atoms with Crippen molar-refractivity contribution in [3.63, 3.8) is 0 Å². The highest BCUT2D eigenvalue weighted by Gasteiger charge is 2.83. The van der Waals surface area contributed by atoms with Crippen LogP contribution in [-0.4, -0.2) is 5.91 Å². The molecule has 20 heavy (non-hydrogen) atoms. The summed E-state index contributed by atoms with van der Waals surface area (Å²) < 4.78 is 0. The maximum absolute atomic E-state index is 12.7. The number of anilines is 1. The second kappa shape index (κ2) is 3.29. The summed E-state index contributed by atoms with van der Waals surface area (Å²) in [6.07, 6.45) is 0. The van der Waals surface area contributed by atoms with Crippen molar-refractivity contribution in [3.8, 4) is 0 Å². The lowest BCUT2D eigenvalue weighted by Crippen LogP contribution is -2.26. The van der Waals surface area contributed by atoms with Crippen LogP contribution in [0.25, 0.3) is 0 Å². The predicted molar refractivity (Wildman–Crippen MR) is 83.0 cm³/mol. The van der Waals surface area contributed by atoms with Gasteiger partial charge in [0.25, 0.3) is 0 Å². The van der Waals surface area contributed by atoms with Crippen molar-refractivity contribution in [1.29, 1.82) is 0 Å². The van der Waals surface area contributed by atoms with Crippen LogP contribution in [0.1, 0.15) is 59.6 Å². The number of benzene rings is 1. The molecule has 1 aliphatic heterocycles. The Balaban J connectivity index is 2.24. The molecule has 108 valence electrons. The maximum atomic E-state index is 12.7. The Bertz CT molecular complexity index is 603. The zero-order valence-electron chi connectivity index (χ0n) is 13.6. The Morgan fingerprint density at radius 1 is 1.00 bits per heavy atom. The average Bonchev–Trinajstić information content (AvgIpc) is 2.56. The normalized spacial score (nSPS) is 24.4. The largest absolute Gasteiger partial charge is 0.325 e. The van der Waals surface area contributed by atoms with Gasteiger partial charge in [-0.3, -0.25) is 4.79 Å². The van der Waals surface area contributed by atoms with Gasteiger partial charge in [-0.05, 0) is 33.4 Å². The van der Waals surface area contributed by atoms with Gasteiger partial charge in [-0.1, -0.05) is 60.6 Å². The Morgan fingerprint density at radius 2 is 1.55 bits per heavy atom. The molecule has 0 radical (unpaired) electrons. The second-order valence-corrected chi connectivity index (χ2v) is 8.46. The van der Waals surface area contributed by atoms with Crippen LogP contribution in [0.3, 0.4) is 0 Å². The van der Waals surface area contributed by atoms with E-state index in [-0.39, 0.29) is 27.6 Å². The molecule has 0 bridgehead atoms. The van der Waals surface area contributed by atoms with Crippen LogP contribution in [0.5, 0.6) is 0 Å². The summed E-state index contributed by atoms with van der Waals surface area (Å²) in [5, 5.41) is 3.10. The van der Waals surface area contributed by atoms with Crippen LogP contribution < -0.4 is 5.32 Å². The number of carbonyl (C=O) groups is 1. The van der Waals surface area contributed by atoms with Crippen LogP contribution in [0.15, 0.2) is 18.2 Å². The first-order valence-electron chi connectivity index (χ1n) is 7.44. The van der Waals surface area contributed by atoms with Crippen molar-refractivity contribution in [3.05, 3.63) is 29.3 Å². The molecule has 0 aromatic heterocycles. The zero-order chi connectivity index (χ0) is 15.1. The Labute approximate surface area is 122 Å². The third kappa shape index (κ3) is 1.19. The van der Waals surface area contributed by atoms with E-state index in [4.69, 9.17) is 0 Å². The predicted octanol–water partition coefficient (Wildman–Crippen LogP) is 4.24. The Morgan fingerprint density at radius 3 is 2.00 bits per heavy atom. The van der Waals surface area contributed by atoms with Crippen molar-refractivity contribution in [1.82, 2.24) is 0 Å². The summed E-state index contributed by atoms with van der Waals surface area (Å²) in [6, 6.07) is 6.47. The lowest BCUT2D eigenvalue weighted by molar-refractivity contribution is -0.119. The summed E-state index contributed by atoms with van der Waals surface area (Å²) in [6.45, 7) is 15.5. The number of hydrogen-bond acceptors (Lipinski definition) is 1. The molecule has 1 heterocycles. The highest BCUT2D eigenvalue weighted by Crippen LogP contribution is 2.80. The first-order valence-corrected chi connectivity index (χ1v) is 7.44. The SMILES string of the molecule is CC(C)(C)c1ccc2c(c1)C1(C(=O)N2)C(C)(C)C1(C)C. The minimum atomic E-state index is -0.364. The monoisotopic (exact) mass is 271 g/mol. The third-order valence-electron chi connectivity index (χ3n) is 6.25. The average molecular weight is 271 g/mol. The molecule has 1 N–H and O–H groups in total. The third-order valence-corrected chi connectivity index (χ3v) is 6.25. The van der Waals surface area contributed by atoms with Crippen molar-refractivity contribution < 1.29 is 4.79 Å². The Kier molecular flexibility index (Phi) is 2.25. The fourth-order valence-electron chi connectivity index (χ4n) is 4.32. The van der Waals surface area contributed by atoms with E-state index in [9.17, 15) is 4.79 Å². The van der Waals surface area contributed by atoms with Gasteiger partial charge < -0.3 is 5.32 Å². The highest BCUT2D eigenvalue weighted by molar-refractivity contribution is 6.10. The van der Waals surface area contributed by atoms with Gasteiger partial charge in [-0.25, -0.2) is 0 Å². The molecule has 1 spiro atoms. The van der Waals surface area contributed by atoms with E-state index in [0.717, 1.165) is 5.69 Å². The molecule has 0 atom stereocenters. The number of rotatable bonds is 0. The first kappa shape index (κ1) is 13.7. The lowest BCUT2D eigenvalue weighted by Gasteiger charge is -2.21. The van der Waals surface area contributed by atoms with Crippen LogP contribution in [0, 0.1) is 10.8 Å². The van der Waals surface area contributed by atoms with E-state index in [1.807, 2.05) is 0 Å². The molecule has 2 heteroatoms. The molecule has 2 aliphatic rings. The summed E-state index contributed by atoms with van der Waals surface area (Å²) in [5.74, 6) is 0.175. The topological polar surface area (TPSA) is 29.1 Å². The smallest absolute Gasteiger partial charge is 0.236 e. The second-order valence-electron chi connectivity index (χ2n) is 8.46. The summed E-state index contributed by atoms with van der Waals surface area (Å²) in [4.78, 5) is 12.7. The van der Waals surface area contributed by atoms with Crippen LogP contribution >= 0.6 is 0 Å². The van der Waals surface area contributed by atoms with Gasteiger partial charge in [0.2, 0.25) is 5.91 Å². The lowest BCUT2D eigenvalue weighted by atomic mass is 9.81. The summed E-state index contributed by atoms with van der Waals surface area (Å²) in [7, 11) is 0. The van der Waals surface area contributed by atoms with E-state index in [0.29, 0.717) is 0 Å². The van der Waals surface area contributed by atoms with Crippen molar-refractivity contribution in [2.45, 2.75) is 59.3 Å². The van der Waals surface area contributed by atoms with Gasteiger partial charge in [0.1, 0.15) is 0 Å². The molecule has 0 saturated heterocycles. The van der Waals surface area contributed by atoms with Crippen molar-refractivity contribution >= 4 is 11.6 Å². The van der Waals surface area contributed by atoms with Crippen LogP contribution in [0.2, 0.25) is 0 Å². The molecular weight excluding hydrogens is 246 g/mol. The highest BCUT2D eigenvalue weighted by atomic mass is 16.2. The standard InChI is InChI=1S/C18H25NO/c1-15(2,3)11-8-9-13-12(10-11)18(14(20)19-13)16(4,5)17(18,6)7/h8-10H,1-7H3,(H,19,20). The number of amides is 1. The van der Waals surface area contributed by atoms with E-state index < -0.39 is 0 Å². The fourth-order valence-corrected chi connectivity index (χ4v) is 4.32. The molecule has 1 aromatic carbocycles. The van der Waals surface area contributed by atoms with Crippen LogP contribution in [-0.2, 0) is 15.6 Å². The number of hydrogen-bond donors (Lipinski definition) is 1. The first-order chi connectivity index (χ1) is 8.98. The molecule has 0 unspecified atom stereocenters. The number of carbonyl (C=O) groups excluding carboxylic acids is 1. The van der Waals surface area contributed by atoms with Gasteiger partial charge in [0.05, 0.1) is 5.41 Å². The zero-order valence-corrected chi connectivity index (χ0v) is 13.6. The van der Waals surface area contributed by atoms with E-state index in [1.165, 1.54) is 11.1 Å². The quantitative estimate of drug-likeness (QED) is 0.751. The van der Waals surface area contributed by atoms with Gasteiger partial charge >= 0.3 is 0 Å². The fraction of sp³-hybridized carbons (Fsp3) is 0.611. The molecule has 1 fully saturated rings. The molecule has 3 rings (SSSR count). The molecule has 2 nitrogen and oxygen atoms in total. The minimum Gasteiger partial charge on any atom is -0.325 e. The van der Waals surface area contributed by atoms with Crippen LogP contribution in [0.4, 0.5) is 5.69 Å². The van der Waals surface area contributed by atoms with Crippen molar-refractivity contribution in [2.75, 3.05) is 5.32 Å². The minimum absolute atomic E-state index is 0.00809. The molecule has 1 amide bonds. The van der Waals surface area contributed by atoms with Gasteiger partial charge in [0.15, 0.2) is 0 Å². The summed E-state index contributed by atoms with van der Waals surface area (Å²) >= 11 is 0. The number of nitrogens with one attached hydrogen (secondary N) is 1.